The highest BCUT2D eigenvalue weighted by molar-refractivity contribution is 5.42. The lowest BCUT2D eigenvalue weighted by Gasteiger charge is -2.02. The highest BCUT2D eigenvalue weighted by Gasteiger charge is 2.24. The standard InChI is InChI=1S/C12H14.C2H6/c1-9-8-10(2)12-7-5-3-4-6-11(9)12;1-2/h3-4,6-7,9-10H,8H2,1-2H3;1-2H3. The fourth-order valence-corrected chi connectivity index (χ4v) is 2.18. The van der Waals surface area contributed by atoms with Gasteiger partial charge >= 0.3 is 0 Å². The van der Waals surface area contributed by atoms with E-state index in [1.54, 1.807) is 0 Å². The van der Waals surface area contributed by atoms with Crippen molar-refractivity contribution >= 4 is 0 Å². The molecule has 2 aliphatic carbocycles. The molecule has 0 aliphatic heterocycles. The largest absolute Gasteiger partial charge is 0.121 e. The van der Waals surface area contributed by atoms with Gasteiger partial charge in [0, 0.05) is 0 Å². The van der Waals surface area contributed by atoms with Crippen LogP contribution in [0.1, 0.15) is 34.1 Å². The van der Waals surface area contributed by atoms with Gasteiger partial charge in [-0.1, -0.05) is 39.8 Å². The minimum absolute atomic E-state index is 0.721. The van der Waals surface area contributed by atoms with Crippen LogP contribution in [0.5, 0.6) is 0 Å². The van der Waals surface area contributed by atoms with E-state index in [1.807, 2.05) is 19.9 Å². The summed E-state index contributed by atoms with van der Waals surface area (Å²) in [5.74, 6) is 1.45. The zero-order valence-electron chi connectivity index (χ0n) is 9.67. The molecule has 0 saturated heterocycles. The molecule has 0 saturated carbocycles. The smallest absolute Gasteiger partial charge is 0.0162 e. The Balaban J connectivity index is 0.000000461. The Labute approximate surface area is 87.7 Å². The van der Waals surface area contributed by atoms with Crippen LogP contribution in [0.4, 0.5) is 0 Å². The predicted molar refractivity (Wildman–Crippen MR) is 63.1 cm³/mol. The first-order valence-electron chi connectivity index (χ1n) is 5.62. The molecule has 0 bridgehead atoms. The van der Waals surface area contributed by atoms with Gasteiger partial charge in [0.2, 0.25) is 0 Å². The molecule has 0 aromatic carbocycles. The molecule has 2 atom stereocenters. The lowest BCUT2D eigenvalue weighted by atomic mass is 10.0. The fraction of sp³-hybridized carbons (Fsp3) is 0.500. The second-order valence-electron chi connectivity index (χ2n) is 3.79. The van der Waals surface area contributed by atoms with Gasteiger partial charge < -0.3 is 0 Å². The van der Waals surface area contributed by atoms with Crippen LogP contribution in [-0.2, 0) is 0 Å². The topological polar surface area (TPSA) is 0 Å². The summed E-state index contributed by atoms with van der Waals surface area (Å²) in [6.45, 7) is 8.61. The van der Waals surface area contributed by atoms with Crippen LogP contribution < -0.4 is 0 Å². The molecule has 0 aromatic heterocycles. The molecule has 76 valence electrons. The Morgan fingerprint density at radius 2 is 1.79 bits per heavy atom. The van der Waals surface area contributed by atoms with E-state index in [1.165, 1.54) is 17.6 Å². The molecule has 2 rings (SSSR count). The highest BCUT2D eigenvalue weighted by atomic mass is 14.3. The minimum Gasteiger partial charge on any atom is -0.121 e. The summed E-state index contributed by atoms with van der Waals surface area (Å²) in [5, 5.41) is 0. The first-order chi connectivity index (χ1) is 6.79. The lowest BCUT2D eigenvalue weighted by Crippen LogP contribution is -1.91. The second-order valence-corrected chi connectivity index (χ2v) is 3.79. The van der Waals surface area contributed by atoms with Crippen molar-refractivity contribution in [3.63, 3.8) is 0 Å². The SMILES string of the molecule is CC.CC1CC(C)C2=C1C=C=CC=C2. The number of hydrogen-bond donors (Lipinski definition) is 0. The van der Waals surface area contributed by atoms with E-state index in [9.17, 15) is 0 Å². The normalized spacial score (nSPS) is 28.3. The maximum atomic E-state index is 3.17. The Morgan fingerprint density at radius 3 is 2.50 bits per heavy atom. The molecule has 2 aliphatic rings. The van der Waals surface area contributed by atoms with E-state index in [0.717, 1.165) is 11.8 Å². The summed E-state index contributed by atoms with van der Waals surface area (Å²) in [7, 11) is 0. The summed E-state index contributed by atoms with van der Waals surface area (Å²) in [4.78, 5) is 0. The molecule has 0 amide bonds. The Bertz CT molecular complexity index is 309. The zero-order chi connectivity index (χ0) is 10.6. The van der Waals surface area contributed by atoms with E-state index in [2.05, 4.69) is 37.8 Å². The van der Waals surface area contributed by atoms with Gasteiger partial charge in [-0.05, 0) is 41.6 Å². The van der Waals surface area contributed by atoms with Crippen molar-refractivity contribution in [1.29, 1.82) is 0 Å². The van der Waals surface area contributed by atoms with Crippen LogP contribution in [0.25, 0.3) is 0 Å². The number of hydrogen-bond acceptors (Lipinski definition) is 0. The quantitative estimate of drug-likeness (QED) is 0.498. The van der Waals surface area contributed by atoms with E-state index < -0.39 is 0 Å². The molecule has 14 heavy (non-hydrogen) atoms. The van der Waals surface area contributed by atoms with E-state index in [4.69, 9.17) is 0 Å². The van der Waals surface area contributed by atoms with Gasteiger partial charge in [0.25, 0.3) is 0 Å². The molecule has 0 spiro atoms. The van der Waals surface area contributed by atoms with E-state index in [-0.39, 0.29) is 0 Å². The molecular weight excluding hydrogens is 168 g/mol. The molecule has 0 N–H and O–H groups in total. The van der Waals surface area contributed by atoms with Gasteiger partial charge in [-0.25, -0.2) is 0 Å². The van der Waals surface area contributed by atoms with Crippen LogP contribution in [0, 0.1) is 11.8 Å². The molecule has 0 heteroatoms. The maximum Gasteiger partial charge on any atom is -0.0162 e. The van der Waals surface area contributed by atoms with Gasteiger partial charge in [-0.2, -0.15) is 0 Å². The fourth-order valence-electron chi connectivity index (χ4n) is 2.18. The molecule has 0 heterocycles. The molecule has 0 aromatic rings. The molecule has 0 radical (unpaired) electrons. The van der Waals surface area contributed by atoms with Gasteiger partial charge in [-0.15, -0.1) is 5.73 Å². The monoisotopic (exact) mass is 188 g/mol. The van der Waals surface area contributed by atoms with Crippen LogP contribution in [0.3, 0.4) is 0 Å². The van der Waals surface area contributed by atoms with Crippen molar-refractivity contribution in [3.8, 4) is 0 Å². The maximum absolute atomic E-state index is 3.17. The lowest BCUT2D eigenvalue weighted by molar-refractivity contribution is 0.574. The molecule has 2 unspecified atom stereocenters. The third-order valence-electron chi connectivity index (χ3n) is 2.81. The van der Waals surface area contributed by atoms with Gasteiger partial charge in [0.05, 0.1) is 0 Å². The molecule has 0 fully saturated rings. The Kier molecular flexibility index (Phi) is 3.98. The second kappa shape index (κ2) is 5.02. The van der Waals surface area contributed by atoms with Gasteiger partial charge in [0.1, 0.15) is 0 Å². The van der Waals surface area contributed by atoms with Crippen LogP contribution in [-0.4, -0.2) is 0 Å². The van der Waals surface area contributed by atoms with Crippen LogP contribution in [0.15, 0.2) is 41.2 Å². The first-order valence-corrected chi connectivity index (χ1v) is 5.62. The third kappa shape index (κ3) is 2.08. The Hall–Kier alpha value is -1.00. The van der Waals surface area contributed by atoms with Crippen molar-refractivity contribution in [2.75, 3.05) is 0 Å². The summed E-state index contributed by atoms with van der Waals surface area (Å²) >= 11 is 0. The molecular formula is C14H20. The average Bonchev–Trinajstić information content (AvgIpc) is 2.44. The molecule has 0 nitrogen and oxygen atoms in total. The van der Waals surface area contributed by atoms with Crippen LogP contribution >= 0.6 is 0 Å². The van der Waals surface area contributed by atoms with Crippen LogP contribution in [0.2, 0.25) is 0 Å². The van der Waals surface area contributed by atoms with Crippen molar-refractivity contribution in [2.24, 2.45) is 11.8 Å². The number of allylic oxidation sites excluding steroid dienone is 5. The van der Waals surface area contributed by atoms with E-state index in [0.29, 0.717) is 0 Å². The van der Waals surface area contributed by atoms with Gasteiger partial charge in [-0.3, -0.25) is 0 Å². The third-order valence-corrected chi connectivity index (χ3v) is 2.81. The zero-order valence-corrected chi connectivity index (χ0v) is 9.67. The summed E-state index contributed by atoms with van der Waals surface area (Å²) in [5.41, 5.74) is 6.19. The first kappa shape index (κ1) is 11.1. The Morgan fingerprint density at radius 1 is 1.14 bits per heavy atom. The predicted octanol–water partition coefficient (Wildman–Crippen LogP) is 4.27. The van der Waals surface area contributed by atoms with Gasteiger partial charge in [0.15, 0.2) is 0 Å². The van der Waals surface area contributed by atoms with Crippen molar-refractivity contribution in [2.45, 2.75) is 34.1 Å². The minimum atomic E-state index is 0.721. The average molecular weight is 188 g/mol. The summed E-state index contributed by atoms with van der Waals surface area (Å²) < 4.78 is 0. The summed E-state index contributed by atoms with van der Waals surface area (Å²) in [6, 6.07) is 0. The number of rotatable bonds is 0. The van der Waals surface area contributed by atoms with Crippen molar-refractivity contribution in [1.82, 2.24) is 0 Å². The highest BCUT2D eigenvalue weighted by Crippen LogP contribution is 2.38. The van der Waals surface area contributed by atoms with E-state index >= 15 is 0 Å². The summed E-state index contributed by atoms with van der Waals surface area (Å²) in [6.07, 6.45) is 9.75. The van der Waals surface area contributed by atoms with Crippen molar-refractivity contribution in [3.05, 3.63) is 41.2 Å². The van der Waals surface area contributed by atoms with Crippen molar-refractivity contribution < 1.29 is 0 Å².